The first-order chi connectivity index (χ1) is 12.2. The van der Waals surface area contributed by atoms with Crippen LogP contribution in [0.5, 0.6) is 17.2 Å². The van der Waals surface area contributed by atoms with Gasteiger partial charge < -0.3 is 24.4 Å². The summed E-state index contributed by atoms with van der Waals surface area (Å²) in [6.07, 6.45) is 0.765. The molecule has 0 fully saturated rings. The second-order valence-corrected chi connectivity index (χ2v) is 6.22. The SMILES string of the molecule is CN(Cc1ccc2c(c1)OCO2)C(=O)NC1CCOc2ccccc21. The number of ether oxygens (including phenoxy) is 3. The third-order valence-electron chi connectivity index (χ3n) is 4.46. The van der Waals surface area contributed by atoms with Crippen LogP contribution in [0, 0.1) is 0 Å². The zero-order valence-corrected chi connectivity index (χ0v) is 14.0. The Kier molecular flexibility index (Phi) is 4.09. The van der Waals surface area contributed by atoms with Gasteiger partial charge in [-0.2, -0.15) is 0 Å². The Labute approximate surface area is 146 Å². The first-order valence-corrected chi connectivity index (χ1v) is 8.32. The van der Waals surface area contributed by atoms with Crippen molar-refractivity contribution in [3.05, 3.63) is 53.6 Å². The molecule has 0 aliphatic carbocycles. The average molecular weight is 340 g/mol. The highest BCUT2D eigenvalue weighted by Gasteiger charge is 2.24. The highest BCUT2D eigenvalue weighted by molar-refractivity contribution is 5.74. The van der Waals surface area contributed by atoms with E-state index in [1.165, 1.54) is 0 Å². The zero-order chi connectivity index (χ0) is 17.2. The second kappa shape index (κ2) is 6.55. The number of hydrogen-bond acceptors (Lipinski definition) is 4. The van der Waals surface area contributed by atoms with Gasteiger partial charge >= 0.3 is 6.03 Å². The summed E-state index contributed by atoms with van der Waals surface area (Å²) in [4.78, 5) is 14.2. The van der Waals surface area contributed by atoms with E-state index in [4.69, 9.17) is 14.2 Å². The quantitative estimate of drug-likeness (QED) is 0.933. The molecule has 1 atom stereocenters. The van der Waals surface area contributed by atoms with Crippen LogP contribution in [0.25, 0.3) is 0 Å². The maximum Gasteiger partial charge on any atom is 0.317 e. The Morgan fingerprint density at radius 3 is 2.88 bits per heavy atom. The highest BCUT2D eigenvalue weighted by Crippen LogP contribution is 2.33. The molecule has 0 aromatic heterocycles. The predicted molar refractivity (Wildman–Crippen MR) is 91.9 cm³/mol. The normalized spacial score (nSPS) is 17.4. The number of nitrogens with zero attached hydrogens (tertiary/aromatic N) is 1. The molecule has 4 rings (SSSR count). The van der Waals surface area contributed by atoms with Crippen molar-refractivity contribution >= 4 is 6.03 Å². The van der Waals surface area contributed by atoms with Crippen LogP contribution in [0.3, 0.4) is 0 Å². The summed E-state index contributed by atoms with van der Waals surface area (Å²) in [5, 5.41) is 3.10. The van der Waals surface area contributed by atoms with E-state index in [9.17, 15) is 4.79 Å². The zero-order valence-electron chi connectivity index (χ0n) is 14.0. The number of urea groups is 1. The Morgan fingerprint density at radius 2 is 1.96 bits per heavy atom. The molecule has 2 aromatic carbocycles. The van der Waals surface area contributed by atoms with Gasteiger partial charge in [0.15, 0.2) is 11.5 Å². The van der Waals surface area contributed by atoms with Crippen molar-refractivity contribution in [3.8, 4) is 17.2 Å². The average Bonchev–Trinajstić information content (AvgIpc) is 3.10. The molecule has 0 spiro atoms. The summed E-state index contributed by atoms with van der Waals surface area (Å²) in [5.41, 5.74) is 2.02. The van der Waals surface area contributed by atoms with Crippen molar-refractivity contribution in [1.29, 1.82) is 0 Å². The second-order valence-electron chi connectivity index (χ2n) is 6.22. The van der Waals surface area contributed by atoms with Crippen LogP contribution in [0.15, 0.2) is 42.5 Å². The third-order valence-corrected chi connectivity index (χ3v) is 4.46. The van der Waals surface area contributed by atoms with E-state index < -0.39 is 0 Å². The fourth-order valence-electron chi connectivity index (χ4n) is 3.14. The van der Waals surface area contributed by atoms with Crippen LogP contribution in [0.1, 0.15) is 23.6 Å². The maximum atomic E-state index is 12.6. The first kappa shape index (κ1) is 15.6. The summed E-state index contributed by atoms with van der Waals surface area (Å²) in [6, 6.07) is 13.4. The van der Waals surface area contributed by atoms with Crippen LogP contribution < -0.4 is 19.5 Å². The smallest absolute Gasteiger partial charge is 0.317 e. The number of carbonyl (C=O) groups excluding carboxylic acids is 1. The molecule has 2 amide bonds. The van der Waals surface area contributed by atoms with E-state index in [1.807, 2.05) is 42.5 Å². The van der Waals surface area contributed by atoms with Gasteiger partial charge in [-0.05, 0) is 23.8 Å². The maximum absolute atomic E-state index is 12.6. The molecular weight excluding hydrogens is 320 g/mol. The molecule has 2 heterocycles. The summed E-state index contributed by atoms with van der Waals surface area (Å²) in [6.45, 7) is 1.35. The Bertz CT molecular complexity index is 793. The summed E-state index contributed by atoms with van der Waals surface area (Å²) in [7, 11) is 1.78. The largest absolute Gasteiger partial charge is 0.493 e. The molecule has 1 N–H and O–H groups in total. The molecule has 2 aliphatic heterocycles. The molecule has 130 valence electrons. The number of amides is 2. The fraction of sp³-hybridized carbons (Fsp3) is 0.316. The van der Waals surface area contributed by atoms with Gasteiger partial charge in [0.05, 0.1) is 12.6 Å². The van der Waals surface area contributed by atoms with Gasteiger partial charge in [0.2, 0.25) is 6.79 Å². The van der Waals surface area contributed by atoms with E-state index >= 15 is 0 Å². The van der Waals surface area contributed by atoms with Gasteiger partial charge in [0, 0.05) is 25.6 Å². The minimum absolute atomic E-state index is 0.0309. The van der Waals surface area contributed by atoms with E-state index in [1.54, 1.807) is 11.9 Å². The van der Waals surface area contributed by atoms with Gasteiger partial charge in [0.1, 0.15) is 5.75 Å². The van der Waals surface area contributed by atoms with Crippen LogP contribution in [-0.2, 0) is 6.54 Å². The molecule has 25 heavy (non-hydrogen) atoms. The van der Waals surface area contributed by atoms with Crippen molar-refractivity contribution < 1.29 is 19.0 Å². The molecule has 0 radical (unpaired) electrons. The van der Waals surface area contributed by atoms with Crippen LogP contribution in [-0.4, -0.2) is 31.4 Å². The van der Waals surface area contributed by atoms with Crippen molar-refractivity contribution in [2.75, 3.05) is 20.4 Å². The van der Waals surface area contributed by atoms with E-state index in [0.717, 1.165) is 34.8 Å². The molecule has 0 saturated carbocycles. The number of fused-ring (bicyclic) bond motifs is 2. The lowest BCUT2D eigenvalue weighted by Gasteiger charge is -2.28. The summed E-state index contributed by atoms with van der Waals surface area (Å²) < 4.78 is 16.3. The highest BCUT2D eigenvalue weighted by atomic mass is 16.7. The Balaban J connectivity index is 1.41. The van der Waals surface area contributed by atoms with Crippen LogP contribution in [0.2, 0.25) is 0 Å². The van der Waals surface area contributed by atoms with Crippen molar-refractivity contribution in [1.82, 2.24) is 10.2 Å². The van der Waals surface area contributed by atoms with Gasteiger partial charge in [-0.25, -0.2) is 4.79 Å². The number of nitrogens with one attached hydrogen (secondary N) is 1. The lowest BCUT2D eigenvalue weighted by atomic mass is 10.0. The predicted octanol–water partition coefficient (Wildman–Crippen LogP) is 3.08. The van der Waals surface area contributed by atoms with Crippen molar-refractivity contribution in [2.45, 2.75) is 19.0 Å². The fourth-order valence-corrected chi connectivity index (χ4v) is 3.14. The third kappa shape index (κ3) is 3.20. The molecule has 1 unspecified atom stereocenters. The van der Waals surface area contributed by atoms with Crippen molar-refractivity contribution in [2.24, 2.45) is 0 Å². The number of para-hydroxylation sites is 1. The number of rotatable bonds is 3. The summed E-state index contributed by atoms with van der Waals surface area (Å²) in [5.74, 6) is 2.32. The molecule has 0 bridgehead atoms. The van der Waals surface area contributed by atoms with Gasteiger partial charge in [0.25, 0.3) is 0 Å². The number of benzene rings is 2. The minimum Gasteiger partial charge on any atom is -0.493 e. The molecule has 2 aliphatic rings. The summed E-state index contributed by atoms with van der Waals surface area (Å²) >= 11 is 0. The molecule has 0 saturated heterocycles. The molecule has 6 heteroatoms. The topological polar surface area (TPSA) is 60.0 Å². The van der Waals surface area contributed by atoms with Crippen LogP contribution >= 0.6 is 0 Å². The molecule has 6 nitrogen and oxygen atoms in total. The first-order valence-electron chi connectivity index (χ1n) is 8.32. The van der Waals surface area contributed by atoms with Crippen molar-refractivity contribution in [3.63, 3.8) is 0 Å². The Hall–Kier alpha value is -2.89. The molecular formula is C19H20N2O4. The standard InChI is InChI=1S/C19H20N2O4/c1-21(11-13-6-7-17-18(10-13)25-12-24-17)19(22)20-15-8-9-23-16-5-3-2-4-14(15)16/h2-7,10,15H,8-9,11-12H2,1H3,(H,20,22). The number of carbonyl (C=O) groups is 1. The van der Waals surface area contributed by atoms with E-state index in [2.05, 4.69) is 5.32 Å². The number of hydrogen-bond donors (Lipinski definition) is 1. The molecule has 2 aromatic rings. The monoisotopic (exact) mass is 340 g/mol. The van der Waals surface area contributed by atoms with Crippen LogP contribution in [0.4, 0.5) is 4.79 Å². The Morgan fingerprint density at radius 1 is 1.12 bits per heavy atom. The van der Waals surface area contributed by atoms with E-state index in [0.29, 0.717) is 13.2 Å². The lowest BCUT2D eigenvalue weighted by molar-refractivity contribution is 0.173. The lowest BCUT2D eigenvalue weighted by Crippen LogP contribution is -2.40. The minimum atomic E-state index is -0.112. The van der Waals surface area contributed by atoms with E-state index in [-0.39, 0.29) is 18.9 Å². The van der Waals surface area contributed by atoms with Gasteiger partial charge in [-0.1, -0.05) is 24.3 Å². The van der Waals surface area contributed by atoms with Gasteiger partial charge in [-0.15, -0.1) is 0 Å². The van der Waals surface area contributed by atoms with Gasteiger partial charge in [-0.3, -0.25) is 0 Å².